The molecule has 0 aromatic carbocycles. The van der Waals surface area contributed by atoms with E-state index in [1.54, 1.807) is 29.5 Å². The molecule has 11 heteroatoms. The summed E-state index contributed by atoms with van der Waals surface area (Å²) in [7, 11) is 0. The summed E-state index contributed by atoms with van der Waals surface area (Å²) < 4.78 is 7.17. The second kappa shape index (κ2) is 8.01. The van der Waals surface area contributed by atoms with Gasteiger partial charge in [0, 0.05) is 36.4 Å². The minimum absolute atomic E-state index is 0.0433. The molecule has 0 aliphatic heterocycles. The highest BCUT2D eigenvalue weighted by Crippen LogP contribution is 2.48. The van der Waals surface area contributed by atoms with Crippen LogP contribution in [0.2, 0.25) is 0 Å². The number of carbonyl (C=O) groups excluding carboxylic acids is 1. The predicted octanol–water partition coefficient (Wildman–Crippen LogP) is 2.12. The van der Waals surface area contributed by atoms with Gasteiger partial charge in [-0.15, -0.1) is 0 Å². The van der Waals surface area contributed by atoms with Gasteiger partial charge in [0.15, 0.2) is 5.82 Å². The van der Waals surface area contributed by atoms with Crippen molar-refractivity contribution < 1.29 is 9.32 Å². The van der Waals surface area contributed by atoms with Crippen molar-refractivity contribution in [2.75, 3.05) is 5.73 Å². The predicted molar refractivity (Wildman–Crippen MR) is 121 cm³/mol. The lowest BCUT2D eigenvalue weighted by atomic mass is 9.64. The summed E-state index contributed by atoms with van der Waals surface area (Å²) in [6.07, 6.45) is 13.6. The SMILES string of the molecule is Nc1ncc(-c2ccc(C3(c4noc(-c5cnn(CC(=O)NC6CC6)c5)n4)CCC3)cn2)cn1. The molecule has 0 unspecified atom stereocenters. The maximum atomic E-state index is 12.0. The smallest absolute Gasteiger partial charge is 0.261 e. The molecule has 172 valence electrons. The van der Waals surface area contributed by atoms with Crippen molar-refractivity contribution in [3.05, 3.63) is 54.5 Å². The van der Waals surface area contributed by atoms with Gasteiger partial charge in [0.25, 0.3) is 5.89 Å². The summed E-state index contributed by atoms with van der Waals surface area (Å²) in [5.74, 6) is 1.21. The fourth-order valence-corrected chi connectivity index (χ4v) is 4.23. The standard InChI is InChI=1S/C23H23N9O2/c24-22-26-8-14(9-27-22)18-5-2-16(11-25-18)23(6-1-7-23)21-30-20(34-31-21)15-10-28-32(12-15)13-19(33)29-17-3-4-17/h2,5,8-12,17H,1,3-4,6-7,13H2,(H,29,33)(H2,24,26,27). The van der Waals surface area contributed by atoms with E-state index in [9.17, 15) is 4.79 Å². The average Bonchev–Trinajstić information content (AvgIpc) is 3.28. The Morgan fingerprint density at radius 1 is 1.12 bits per heavy atom. The molecule has 6 rings (SSSR count). The van der Waals surface area contributed by atoms with Gasteiger partial charge in [-0.3, -0.25) is 14.5 Å². The molecule has 4 heterocycles. The second-order valence-corrected chi connectivity index (χ2v) is 8.89. The van der Waals surface area contributed by atoms with Gasteiger partial charge in [0.2, 0.25) is 11.9 Å². The molecule has 4 aromatic heterocycles. The Morgan fingerprint density at radius 2 is 1.94 bits per heavy atom. The number of rotatable bonds is 7. The molecular formula is C23H23N9O2. The maximum Gasteiger partial charge on any atom is 0.261 e. The van der Waals surface area contributed by atoms with Gasteiger partial charge in [0.05, 0.1) is 22.9 Å². The highest BCUT2D eigenvalue weighted by Gasteiger charge is 2.45. The van der Waals surface area contributed by atoms with Gasteiger partial charge in [-0.05, 0) is 37.3 Å². The van der Waals surface area contributed by atoms with E-state index in [1.807, 2.05) is 18.3 Å². The third-order valence-electron chi connectivity index (χ3n) is 6.47. The number of amides is 1. The first-order chi connectivity index (χ1) is 16.6. The molecule has 0 bridgehead atoms. The molecule has 0 radical (unpaired) electrons. The summed E-state index contributed by atoms with van der Waals surface area (Å²) in [4.78, 5) is 29.4. The van der Waals surface area contributed by atoms with Gasteiger partial charge in [-0.25, -0.2) is 9.97 Å². The molecule has 3 N–H and O–H groups in total. The number of hydrogen-bond donors (Lipinski definition) is 2. The Labute approximate surface area is 194 Å². The Kier molecular flexibility index (Phi) is 4.82. The minimum Gasteiger partial charge on any atom is -0.368 e. The highest BCUT2D eigenvalue weighted by molar-refractivity contribution is 5.76. The van der Waals surface area contributed by atoms with Crippen LogP contribution in [0, 0.1) is 0 Å². The van der Waals surface area contributed by atoms with Gasteiger partial charge in [-0.2, -0.15) is 10.1 Å². The first kappa shape index (κ1) is 20.5. The van der Waals surface area contributed by atoms with E-state index < -0.39 is 0 Å². The lowest BCUT2D eigenvalue weighted by Crippen LogP contribution is -2.36. The van der Waals surface area contributed by atoms with Crippen molar-refractivity contribution in [2.24, 2.45) is 0 Å². The second-order valence-electron chi connectivity index (χ2n) is 8.89. The number of carbonyl (C=O) groups is 1. The Morgan fingerprint density at radius 3 is 2.62 bits per heavy atom. The number of nitrogen functional groups attached to an aromatic ring is 1. The zero-order valence-electron chi connectivity index (χ0n) is 18.4. The van der Waals surface area contributed by atoms with Crippen molar-refractivity contribution in [3.63, 3.8) is 0 Å². The van der Waals surface area contributed by atoms with Crippen LogP contribution in [-0.2, 0) is 16.8 Å². The third-order valence-corrected chi connectivity index (χ3v) is 6.47. The fourth-order valence-electron chi connectivity index (χ4n) is 4.23. The van der Waals surface area contributed by atoms with Crippen molar-refractivity contribution in [1.82, 2.24) is 40.2 Å². The van der Waals surface area contributed by atoms with E-state index >= 15 is 0 Å². The maximum absolute atomic E-state index is 12.0. The lowest BCUT2D eigenvalue weighted by molar-refractivity contribution is -0.122. The molecular weight excluding hydrogens is 434 g/mol. The number of hydrogen-bond acceptors (Lipinski definition) is 9. The number of pyridine rings is 1. The van der Waals surface area contributed by atoms with E-state index in [2.05, 4.69) is 30.5 Å². The van der Waals surface area contributed by atoms with Gasteiger partial charge in [0.1, 0.15) is 6.54 Å². The largest absolute Gasteiger partial charge is 0.368 e. The number of anilines is 1. The summed E-state index contributed by atoms with van der Waals surface area (Å²) in [6.45, 7) is 0.165. The number of aromatic nitrogens is 7. The van der Waals surface area contributed by atoms with Crippen molar-refractivity contribution in [1.29, 1.82) is 0 Å². The molecule has 2 saturated carbocycles. The first-order valence-corrected chi connectivity index (χ1v) is 11.3. The van der Waals surface area contributed by atoms with Gasteiger partial charge < -0.3 is 15.6 Å². The highest BCUT2D eigenvalue weighted by atomic mass is 16.5. The van der Waals surface area contributed by atoms with Crippen LogP contribution in [0.25, 0.3) is 22.7 Å². The number of nitrogens with two attached hydrogens (primary N) is 1. The van der Waals surface area contributed by atoms with Crippen LogP contribution in [0.3, 0.4) is 0 Å². The van der Waals surface area contributed by atoms with Crippen molar-refractivity contribution >= 4 is 11.9 Å². The summed E-state index contributed by atoms with van der Waals surface area (Å²) in [5.41, 5.74) is 8.54. The molecule has 2 aliphatic rings. The van der Waals surface area contributed by atoms with Crippen LogP contribution in [0.4, 0.5) is 5.95 Å². The molecule has 34 heavy (non-hydrogen) atoms. The normalized spacial score (nSPS) is 16.7. The zero-order valence-corrected chi connectivity index (χ0v) is 18.4. The van der Waals surface area contributed by atoms with E-state index in [-0.39, 0.29) is 23.8 Å². The Bertz CT molecular complexity index is 1320. The average molecular weight is 457 g/mol. The van der Waals surface area contributed by atoms with Gasteiger partial charge >= 0.3 is 0 Å². The molecule has 4 aromatic rings. The first-order valence-electron chi connectivity index (χ1n) is 11.3. The number of nitrogens with one attached hydrogen (secondary N) is 1. The van der Waals surface area contributed by atoms with E-state index in [0.717, 1.165) is 48.9 Å². The van der Waals surface area contributed by atoms with Crippen LogP contribution in [0.15, 0.2) is 47.6 Å². The van der Waals surface area contributed by atoms with Crippen molar-refractivity contribution in [3.8, 4) is 22.7 Å². The Balaban J connectivity index is 1.21. The van der Waals surface area contributed by atoms with E-state index in [1.165, 1.54) is 0 Å². The van der Waals surface area contributed by atoms with Crippen molar-refractivity contribution in [2.45, 2.75) is 50.1 Å². The van der Waals surface area contributed by atoms with Crippen LogP contribution in [-0.4, -0.2) is 46.8 Å². The molecule has 0 saturated heterocycles. The van der Waals surface area contributed by atoms with Crippen LogP contribution in [0.1, 0.15) is 43.5 Å². The third kappa shape index (κ3) is 3.78. The fraction of sp³-hybridized carbons (Fsp3) is 0.348. The number of nitrogens with zero attached hydrogens (tertiary/aromatic N) is 7. The zero-order chi connectivity index (χ0) is 23.1. The van der Waals surface area contributed by atoms with Gasteiger partial charge in [-0.1, -0.05) is 17.6 Å². The minimum atomic E-state index is -0.328. The molecule has 11 nitrogen and oxygen atoms in total. The summed E-state index contributed by atoms with van der Waals surface area (Å²) >= 11 is 0. The topological polar surface area (TPSA) is 151 Å². The molecule has 1 amide bonds. The molecule has 2 aliphatic carbocycles. The molecule has 2 fully saturated rings. The van der Waals surface area contributed by atoms with E-state index in [4.69, 9.17) is 15.2 Å². The molecule has 0 spiro atoms. The quantitative estimate of drug-likeness (QED) is 0.425. The van der Waals surface area contributed by atoms with Crippen LogP contribution < -0.4 is 11.1 Å². The van der Waals surface area contributed by atoms with Crippen LogP contribution in [0.5, 0.6) is 0 Å². The summed E-state index contributed by atoms with van der Waals surface area (Å²) in [6, 6.07) is 4.31. The summed E-state index contributed by atoms with van der Waals surface area (Å²) in [5, 5.41) is 11.5. The molecule has 0 atom stereocenters. The van der Waals surface area contributed by atoms with Crippen LogP contribution >= 0.6 is 0 Å². The monoisotopic (exact) mass is 457 g/mol. The Hall–Kier alpha value is -4.15. The lowest BCUT2D eigenvalue weighted by Gasteiger charge is -2.39. The van der Waals surface area contributed by atoms with E-state index in [0.29, 0.717) is 23.3 Å².